The van der Waals surface area contributed by atoms with Crippen LogP contribution < -0.4 is 11.1 Å². The molecule has 1 saturated heterocycles. The summed E-state index contributed by atoms with van der Waals surface area (Å²) in [5.41, 5.74) is 6.99. The van der Waals surface area contributed by atoms with Gasteiger partial charge in [-0.15, -0.1) is 24.0 Å². The normalized spacial score (nSPS) is 18.0. The average Bonchev–Trinajstić information content (AvgIpc) is 2.64. The van der Waals surface area contributed by atoms with Crippen LogP contribution in [0.3, 0.4) is 0 Å². The molecule has 1 heterocycles. The number of morpholine rings is 1. The minimum Gasteiger partial charge on any atom is -0.374 e. The van der Waals surface area contributed by atoms with Gasteiger partial charge in [0.1, 0.15) is 11.6 Å². The van der Waals surface area contributed by atoms with Gasteiger partial charge in [-0.05, 0) is 17.7 Å². The maximum Gasteiger partial charge on any atom is 0.193 e. The Morgan fingerprint density at radius 2 is 2.00 bits per heavy atom. The number of rotatable bonds is 5. The first kappa shape index (κ1) is 21.5. The first-order valence-corrected chi connectivity index (χ1v) is 8.50. The third-order valence-electron chi connectivity index (χ3n) is 4.13. The van der Waals surface area contributed by atoms with Crippen LogP contribution in [0.25, 0.3) is 0 Å². The number of nitrogens with two attached hydrogens (primary N) is 1. The van der Waals surface area contributed by atoms with Crippen molar-refractivity contribution in [2.24, 2.45) is 10.7 Å². The Labute approximate surface area is 174 Å². The molecule has 2 aromatic carbocycles. The van der Waals surface area contributed by atoms with Gasteiger partial charge in [0.2, 0.25) is 0 Å². The van der Waals surface area contributed by atoms with Crippen molar-refractivity contribution in [2.45, 2.75) is 12.6 Å². The van der Waals surface area contributed by atoms with E-state index in [4.69, 9.17) is 10.5 Å². The molecule has 8 heteroatoms. The van der Waals surface area contributed by atoms with E-state index in [1.807, 2.05) is 18.2 Å². The monoisotopic (exact) mass is 488 g/mol. The molecule has 1 aliphatic rings. The van der Waals surface area contributed by atoms with E-state index in [2.05, 4.69) is 27.3 Å². The maximum absolute atomic E-state index is 13.6. The van der Waals surface area contributed by atoms with Gasteiger partial charge in [0.15, 0.2) is 5.96 Å². The van der Waals surface area contributed by atoms with E-state index < -0.39 is 11.6 Å². The summed E-state index contributed by atoms with van der Waals surface area (Å²) in [7, 11) is 0. The second-order valence-corrected chi connectivity index (χ2v) is 6.19. The molecule has 0 aromatic heterocycles. The Hall–Kier alpha value is -1.78. The van der Waals surface area contributed by atoms with Gasteiger partial charge in [-0.3, -0.25) is 9.89 Å². The molecule has 2 aromatic rings. The highest BCUT2D eigenvalue weighted by atomic mass is 127. The van der Waals surface area contributed by atoms with Crippen LogP contribution in [0.4, 0.5) is 14.5 Å². The van der Waals surface area contributed by atoms with Crippen molar-refractivity contribution >= 4 is 35.6 Å². The van der Waals surface area contributed by atoms with Crippen molar-refractivity contribution in [3.05, 3.63) is 65.7 Å². The summed E-state index contributed by atoms with van der Waals surface area (Å²) in [4.78, 5) is 6.50. The van der Waals surface area contributed by atoms with E-state index in [1.54, 1.807) is 0 Å². The second kappa shape index (κ2) is 10.5. The SMILES string of the molecule is I.NC(=NCC1CN(Cc2ccccc2)CCO1)Nc1cc(F)ccc1F. The fourth-order valence-corrected chi connectivity index (χ4v) is 2.85. The van der Waals surface area contributed by atoms with Gasteiger partial charge in [-0.1, -0.05) is 30.3 Å². The molecule has 1 aliphatic heterocycles. The lowest BCUT2D eigenvalue weighted by atomic mass is 10.2. The van der Waals surface area contributed by atoms with Crippen LogP contribution in [0.5, 0.6) is 0 Å². The van der Waals surface area contributed by atoms with E-state index in [0.29, 0.717) is 13.2 Å². The highest BCUT2D eigenvalue weighted by Crippen LogP contribution is 2.15. The minimum absolute atomic E-state index is 0. The van der Waals surface area contributed by atoms with Gasteiger partial charge in [-0.25, -0.2) is 8.78 Å². The molecular weight excluding hydrogens is 465 g/mol. The van der Waals surface area contributed by atoms with Gasteiger partial charge < -0.3 is 15.8 Å². The van der Waals surface area contributed by atoms with Crippen LogP contribution in [-0.4, -0.2) is 43.2 Å². The van der Waals surface area contributed by atoms with Crippen molar-refractivity contribution in [3.63, 3.8) is 0 Å². The highest BCUT2D eigenvalue weighted by molar-refractivity contribution is 14.0. The molecule has 0 amide bonds. The molecule has 1 unspecified atom stereocenters. The first-order valence-electron chi connectivity index (χ1n) is 8.50. The topological polar surface area (TPSA) is 62.9 Å². The number of hydrogen-bond acceptors (Lipinski definition) is 3. The molecule has 1 fully saturated rings. The Kier molecular flexibility index (Phi) is 8.39. The standard InChI is InChI=1S/C19H22F2N4O.HI/c20-15-6-7-17(21)18(10-15)24-19(22)23-11-16-13-25(8-9-26-16)12-14-4-2-1-3-5-14;/h1-7,10,16H,8-9,11-13H2,(H3,22,23,24);1H. The van der Waals surface area contributed by atoms with E-state index in [1.165, 1.54) is 5.56 Å². The fraction of sp³-hybridized carbons (Fsp3) is 0.316. The maximum atomic E-state index is 13.6. The summed E-state index contributed by atoms with van der Waals surface area (Å²) in [6.45, 7) is 3.42. The lowest BCUT2D eigenvalue weighted by molar-refractivity contribution is -0.0257. The third-order valence-corrected chi connectivity index (χ3v) is 4.13. The highest BCUT2D eigenvalue weighted by Gasteiger charge is 2.20. The summed E-state index contributed by atoms with van der Waals surface area (Å²) in [6.07, 6.45) is -0.0924. The zero-order valence-electron chi connectivity index (χ0n) is 14.8. The van der Waals surface area contributed by atoms with E-state index in [0.717, 1.165) is 37.8 Å². The van der Waals surface area contributed by atoms with E-state index in [-0.39, 0.29) is 41.7 Å². The van der Waals surface area contributed by atoms with Crippen molar-refractivity contribution in [1.29, 1.82) is 0 Å². The molecule has 146 valence electrons. The molecule has 5 nitrogen and oxygen atoms in total. The molecule has 0 spiro atoms. The molecule has 0 bridgehead atoms. The molecule has 0 aliphatic carbocycles. The Bertz CT molecular complexity index is 761. The number of benzene rings is 2. The molecule has 27 heavy (non-hydrogen) atoms. The molecule has 0 radical (unpaired) electrons. The Morgan fingerprint density at radius 3 is 2.78 bits per heavy atom. The molecular formula is C19H23F2IN4O. The zero-order chi connectivity index (χ0) is 18.4. The van der Waals surface area contributed by atoms with Gasteiger partial charge >= 0.3 is 0 Å². The Balaban J connectivity index is 0.00000261. The number of hydrogen-bond donors (Lipinski definition) is 2. The number of guanidine groups is 1. The van der Waals surface area contributed by atoms with Crippen LogP contribution in [-0.2, 0) is 11.3 Å². The smallest absolute Gasteiger partial charge is 0.193 e. The number of nitrogens with one attached hydrogen (secondary N) is 1. The van der Waals surface area contributed by atoms with Crippen molar-refractivity contribution in [1.82, 2.24) is 4.90 Å². The second-order valence-electron chi connectivity index (χ2n) is 6.19. The summed E-state index contributed by atoms with van der Waals surface area (Å²) in [5, 5.41) is 2.59. The van der Waals surface area contributed by atoms with Gasteiger partial charge in [0.05, 0.1) is 24.9 Å². The van der Waals surface area contributed by atoms with Crippen LogP contribution in [0, 0.1) is 11.6 Å². The van der Waals surface area contributed by atoms with Gasteiger partial charge in [0, 0.05) is 25.7 Å². The zero-order valence-corrected chi connectivity index (χ0v) is 17.1. The van der Waals surface area contributed by atoms with Crippen LogP contribution >= 0.6 is 24.0 Å². The predicted molar refractivity (Wildman–Crippen MR) is 113 cm³/mol. The number of halogens is 3. The predicted octanol–water partition coefficient (Wildman–Crippen LogP) is 3.21. The largest absolute Gasteiger partial charge is 0.374 e. The fourth-order valence-electron chi connectivity index (χ4n) is 2.85. The Morgan fingerprint density at radius 1 is 1.22 bits per heavy atom. The van der Waals surface area contributed by atoms with Crippen molar-refractivity contribution < 1.29 is 13.5 Å². The number of ether oxygens (including phenoxy) is 1. The van der Waals surface area contributed by atoms with Crippen LogP contribution in [0.2, 0.25) is 0 Å². The number of aliphatic imine (C=N–C) groups is 1. The van der Waals surface area contributed by atoms with Crippen molar-refractivity contribution in [2.75, 3.05) is 31.6 Å². The summed E-state index contributed by atoms with van der Waals surface area (Å²) >= 11 is 0. The van der Waals surface area contributed by atoms with Gasteiger partial charge in [-0.2, -0.15) is 0 Å². The third kappa shape index (κ3) is 6.71. The minimum atomic E-state index is -0.590. The van der Waals surface area contributed by atoms with E-state index >= 15 is 0 Å². The van der Waals surface area contributed by atoms with E-state index in [9.17, 15) is 8.78 Å². The van der Waals surface area contributed by atoms with Crippen LogP contribution in [0.1, 0.15) is 5.56 Å². The molecule has 1 atom stereocenters. The van der Waals surface area contributed by atoms with Crippen LogP contribution in [0.15, 0.2) is 53.5 Å². The number of nitrogens with zero attached hydrogens (tertiary/aromatic N) is 2. The lowest BCUT2D eigenvalue weighted by Gasteiger charge is -2.32. The lowest BCUT2D eigenvalue weighted by Crippen LogP contribution is -2.43. The van der Waals surface area contributed by atoms with Crippen molar-refractivity contribution in [3.8, 4) is 0 Å². The summed E-state index contributed by atoms with van der Waals surface area (Å²) in [6, 6.07) is 13.4. The molecule has 3 N–H and O–H groups in total. The average molecular weight is 488 g/mol. The first-order chi connectivity index (χ1) is 12.6. The number of anilines is 1. The quantitative estimate of drug-likeness (QED) is 0.386. The molecule has 3 rings (SSSR count). The summed E-state index contributed by atoms with van der Waals surface area (Å²) < 4.78 is 32.5. The van der Waals surface area contributed by atoms with Gasteiger partial charge in [0.25, 0.3) is 0 Å². The summed E-state index contributed by atoms with van der Waals surface area (Å²) in [5.74, 6) is -1.11. The molecule has 0 saturated carbocycles.